The number of piperidine rings is 1. The number of aryl methyl sites for hydroxylation is 1. The van der Waals surface area contributed by atoms with E-state index in [1.54, 1.807) is 35.9 Å². The van der Waals surface area contributed by atoms with Crippen molar-refractivity contribution in [2.24, 2.45) is 7.05 Å². The number of carbonyl (C=O) groups is 1. The Labute approximate surface area is 152 Å². The Kier molecular flexibility index (Phi) is 4.99. The van der Waals surface area contributed by atoms with E-state index in [-0.39, 0.29) is 23.6 Å². The maximum atomic E-state index is 12.8. The van der Waals surface area contributed by atoms with Crippen molar-refractivity contribution in [2.45, 2.75) is 38.6 Å². The van der Waals surface area contributed by atoms with Gasteiger partial charge in [0.2, 0.25) is 0 Å². The maximum Gasteiger partial charge on any atom is 0.345 e. The van der Waals surface area contributed by atoms with Crippen LogP contribution in [0.2, 0.25) is 5.02 Å². The van der Waals surface area contributed by atoms with Gasteiger partial charge in [-0.1, -0.05) is 11.6 Å². The summed E-state index contributed by atoms with van der Waals surface area (Å²) in [7, 11) is 1.67. The predicted molar refractivity (Wildman–Crippen MR) is 97.2 cm³/mol. The number of hydrogen-bond acceptors (Lipinski definition) is 3. The number of rotatable bonds is 3. The molecule has 1 aliphatic rings. The molecule has 1 saturated heterocycles. The molecule has 2 heterocycles. The number of likely N-dealkylation sites (tertiary alicyclic amines) is 1. The zero-order chi connectivity index (χ0) is 18.1. The quantitative estimate of drug-likeness (QED) is 0.843. The average Bonchev–Trinajstić information content (AvgIpc) is 2.90. The molecule has 3 rings (SSSR count). The lowest BCUT2D eigenvalue weighted by atomic mass is 9.96. The first-order valence-electron chi connectivity index (χ1n) is 8.58. The summed E-state index contributed by atoms with van der Waals surface area (Å²) in [4.78, 5) is 26.9. The van der Waals surface area contributed by atoms with E-state index in [1.165, 1.54) is 4.68 Å². The molecule has 1 fully saturated rings. The number of amides is 1. The van der Waals surface area contributed by atoms with Gasteiger partial charge in [0, 0.05) is 42.7 Å². The lowest BCUT2D eigenvalue weighted by Crippen LogP contribution is -2.40. The normalized spacial score (nSPS) is 18.0. The van der Waals surface area contributed by atoms with Crippen LogP contribution in [-0.2, 0) is 7.05 Å². The fraction of sp³-hybridized carbons (Fsp3) is 0.500. The molecule has 1 aromatic heterocycles. The van der Waals surface area contributed by atoms with Gasteiger partial charge in [-0.05, 0) is 51.0 Å². The van der Waals surface area contributed by atoms with Crippen molar-refractivity contribution in [1.82, 2.24) is 19.2 Å². The molecule has 1 amide bonds. The van der Waals surface area contributed by atoms with Crippen molar-refractivity contribution in [3.05, 3.63) is 51.2 Å². The van der Waals surface area contributed by atoms with Gasteiger partial charge in [-0.25, -0.2) is 9.48 Å². The van der Waals surface area contributed by atoms with E-state index in [9.17, 15) is 9.59 Å². The maximum absolute atomic E-state index is 12.8. The average molecular weight is 363 g/mol. The highest BCUT2D eigenvalue weighted by Gasteiger charge is 2.30. The first-order valence-corrected chi connectivity index (χ1v) is 8.96. The van der Waals surface area contributed by atoms with Gasteiger partial charge in [-0.2, -0.15) is 5.10 Å². The van der Waals surface area contributed by atoms with Crippen LogP contribution in [0.4, 0.5) is 0 Å². The van der Waals surface area contributed by atoms with Crippen molar-refractivity contribution < 1.29 is 4.79 Å². The third-order valence-corrected chi connectivity index (χ3v) is 4.92. The summed E-state index contributed by atoms with van der Waals surface area (Å²) in [5.74, 6) is 0.841. The first-order chi connectivity index (χ1) is 11.9. The fourth-order valence-electron chi connectivity index (χ4n) is 3.41. The number of carbonyl (C=O) groups excluding carboxylic acids is 1. The number of hydrogen-bond donors (Lipinski definition) is 0. The van der Waals surface area contributed by atoms with Gasteiger partial charge in [-0.3, -0.25) is 9.36 Å². The second-order valence-electron chi connectivity index (χ2n) is 6.83. The summed E-state index contributed by atoms with van der Waals surface area (Å²) >= 11 is 5.90. The molecular weight excluding hydrogens is 340 g/mol. The van der Waals surface area contributed by atoms with E-state index in [1.807, 2.05) is 18.7 Å². The molecule has 6 nitrogen and oxygen atoms in total. The molecular formula is C18H23ClN4O2. The number of nitrogens with zero attached hydrogens (tertiary/aromatic N) is 4. The van der Waals surface area contributed by atoms with E-state index in [0.29, 0.717) is 17.1 Å². The zero-order valence-corrected chi connectivity index (χ0v) is 15.5. The summed E-state index contributed by atoms with van der Waals surface area (Å²) in [6.45, 7) is 5.25. The van der Waals surface area contributed by atoms with Crippen molar-refractivity contribution in [1.29, 1.82) is 0 Å². The summed E-state index contributed by atoms with van der Waals surface area (Å²) in [6.07, 6.45) is 1.82. The fourth-order valence-corrected chi connectivity index (χ4v) is 3.54. The molecule has 1 aliphatic heterocycles. The number of halogens is 1. The third kappa shape index (κ3) is 3.49. The van der Waals surface area contributed by atoms with Crippen molar-refractivity contribution in [3.63, 3.8) is 0 Å². The van der Waals surface area contributed by atoms with E-state index >= 15 is 0 Å². The summed E-state index contributed by atoms with van der Waals surface area (Å²) in [5, 5.41) is 5.06. The van der Waals surface area contributed by atoms with Gasteiger partial charge in [0.1, 0.15) is 5.82 Å². The van der Waals surface area contributed by atoms with E-state index < -0.39 is 0 Å². The van der Waals surface area contributed by atoms with Crippen LogP contribution in [0, 0.1) is 0 Å². The van der Waals surface area contributed by atoms with Gasteiger partial charge >= 0.3 is 5.69 Å². The molecule has 0 bridgehead atoms. The largest absolute Gasteiger partial charge is 0.345 e. The summed E-state index contributed by atoms with van der Waals surface area (Å²) in [5.41, 5.74) is 0.526. The topological polar surface area (TPSA) is 60.1 Å². The minimum atomic E-state index is -0.105. The van der Waals surface area contributed by atoms with Crippen LogP contribution in [0.15, 0.2) is 29.1 Å². The molecule has 7 heteroatoms. The second-order valence-corrected chi connectivity index (χ2v) is 7.26. The van der Waals surface area contributed by atoms with E-state index in [0.717, 1.165) is 25.2 Å². The van der Waals surface area contributed by atoms with Gasteiger partial charge in [0.25, 0.3) is 5.91 Å². The predicted octanol–water partition coefficient (Wildman–Crippen LogP) is 2.84. The first kappa shape index (κ1) is 17.7. The Bertz CT molecular complexity index is 823. The molecule has 2 aromatic rings. The van der Waals surface area contributed by atoms with Crippen LogP contribution in [-0.4, -0.2) is 38.2 Å². The third-order valence-electron chi connectivity index (χ3n) is 4.66. The van der Waals surface area contributed by atoms with Crippen LogP contribution >= 0.6 is 11.6 Å². The Morgan fingerprint density at radius 2 is 1.96 bits per heavy atom. The molecule has 0 saturated carbocycles. The molecule has 1 aromatic carbocycles. The number of benzene rings is 1. The lowest BCUT2D eigenvalue weighted by Gasteiger charge is -2.32. The zero-order valence-electron chi connectivity index (χ0n) is 14.8. The van der Waals surface area contributed by atoms with Crippen LogP contribution in [0.3, 0.4) is 0 Å². The molecule has 0 aliphatic carbocycles. The molecule has 0 N–H and O–H groups in total. The molecule has 1 unspecified atom stereocenters. The summed E-state index contributed by atoms with van der Waals surface area (Å²) in [6, 6.07) is 6.99. The molecule has 0 spiro atoms. The van der Waals surface area contributed by atoms with Gasteiger partial charge in [0.05, 0.1) is 0 Å². The van der Waals surface area contributed by atoms with Crippen LogP contribution < -0.4 is 5.69 Å². The molecule has 134 valence electrons. The van der Waals surface area contributed by atoms with Crippen LogP contribution in [0.25, 0.3) is 0 Å². The summed E-state index contributed by atoms with van der Waals surface area (Å²) < 4.78 is 3.12. The Morgan fingerprint density at radius 1 is 1.28 bits per heavy atom. The van der Waals surface area contributed by atoms with Gasteiger partial charge in [0.15, 0.2) is 0 Å². The van der Waals surface area contributed by atoms with Gasteiger partial charge in [-0.15, -0.1) is 0 Å². The van der Waals surface area contributed by atoms with Crippen LogP contribution in [0.1, 0.15) is 54.8 Å². The molecule has 1 atom stereocenters. The highest BCUT2D eigenvalue weighted by atomic mass is 35.5. The Balaban J connectivity index is 1.84. The minimum absolute atomic E-state index is 0.00394. The highest BCUT2D eigenvalue weighted by Crippen LogP contribution is 2.27. The van der Waals surface area contributed by atoms with E-state index in [4.69, 9.17) is 11.6 Å². The van der Waals surface area contributed by atoms with Crippen molar-refractivity contribution in [2.75, 3.05) is 13.1 Å². The number of aromatic nitrogens is 3. The SMILES string of the molecule is CC(C)n1c(C2CCCN(C(=O)c3ccc(Cl)cc3)C2)nn(C)c1=O. The minimum Gasteiger partial charge on any atom is -0.338 e. The smallest absolute Gasteiger partial charge is 0.338 e. The van der Waals surface area contributed by atoms with Crippen LogP contribution in [0.5, 0.6) is 0 Å². The van der Waals surface area contributed by atoms with Gasteiger partial charge < -0.3 is 4.90 Å². The lowest BCUT2D eigenvalue weighted by molar-refractivity contribution is 0.0703. The second kappa shape index (κ2) is 7.04. The standard InChI is InChI=1S/C18H23ClN4O2/c1-12(2)23-16(20-21(3)18(23)25)14-5-4-10-22(11-14)17(24)13-6-8-15(19)9-7-13/h6-9,12,14H,4-5,10-11H2,1-3H3. The monoisotopic (exact) mass is 362 g/mol. The molecule has 0 radical (unpaired) electrons. The Morgan fingerprint density at radius 3 is 2.60 bits per heavy atom. The molecule has 25 heavy (non-hydrogen) atoms. The van der Waals surface area contributed by atoms with E-state index in [2.05, 4.69) is 5.10 Å². The van der Waals surface area contributed by atoms with Crippen molar-refractivity contribution >= 4 is 17.5 Å². The highest BCUT2D eigenvalue weighted by molar-refractivity contribution is 6.30. The Hall–Kier alpha value is -2.08. The van der Waals surface area contributed by atoms with Crippen molar-refractivity contribution in [3.8, 4) is 0 Å².